The number of amides is 3. The number of ether oxygens (including phenoxy) is 3. The summed E-state index contributed by atoms with van der Waals surface area (Å²) in [6.45, 7) is 18.4. The number of likely N-dealkylation sites (tertiary alicyclic amines) is 1. The molecule has 3 N–H and O–H groups in total. The zero-order chi connectivity index (χ0) is 45.9. The third-order valence-corrected chi connectivity index (χ3v) is 15.7. The molecule has 3 aliphatic carbocycles. The highest BCUT2D eigenvalue weighted by Gasteiger charge is 2.63. The fourth-order valence-electron chi connectivity index (χ4n) is 8.52. The maximum Gasteiger partial charge on any atom is 0.408 e. The third kappa shape index (κ3) is 10.1. The first kappa shape index (κ1) is 46.2. The molecule has 4 fully saturated rings. The van der Waals surface area contributed by atoms with Gasteiger partial charge in [-0.3, -0.25) is 14.4 Å². The number of Topliss-reactive ketones (excluding diaryl/α,β-unsaturated/α-hetero) is 1. The van der Waals surface area contributed by atoms with Gasteiger partial charge in [0, 0.05) is 41.3 Å². The average Bonchev–Trinajstić information content (AvgIpc) is 4.16. The molecule has 4 aliphatic rings. The molecule has 7 rings (SSSR count). The molecule has 0 bridgehead atoms. The molecule has 5 atom stereocenters. The van der Waals surface area contributed by atoms with E-state index in [0.717, 1.165) is 18.0 Å². The first-order chi connectivity index (χ1) is 29.5. The normalized spacial score (nSPS) is 23.5. The van der Waals surface area contributed by atoms with Gasteiger partial charge in [-0.1, -0.05) is 39.7 Å². The van der Waals surface area contributed by atoms with Gasteiger partial charge < -0.3 is 35.1 Å². The second-order valence-corrected chi connectivity index (χ2v) is 23.4. The molecule has 3 saturated carbocycles. The van der Waals surface area contributed by atoms with E-state index in [0.29, 0.717) is 59.0 Å². The van der Waals surface area contributed by atoms with Crippen LogP contribution in [0.2, 0.25) is 0 Å². The van der Waals surface area contributed by atoms with Crippen molar-refractivity contribution in [3.63, 3.8) is 0 Å². The van der Waals surface area contributed by atoms with Crippen LogP contribution >= 0.6 is 11.3 Å². The Balaban J connectivity index is 1.21. The van der Waals surface area contributed by atoms with Crippen LogP contribution in [0.3, 0.4) is 0 Å². The van der Waals surface area contributed by atoms with E-state index in [9.17, 15) is 27.6 Å². The van der Waals surface area contributed by atoms with Gasteiger partial charge in [-0.2, -0.15) is 0 Å². The van der Waals surface area contributed by atoms with E-state index in [-0.39, 0.29) is 25.4 Å². The van der Waals surface area contributed by atoms with Gasteiger partial charge in [0.25, 0.3) is 0 Å². The molecule has 5 unspecified atom stereocenters. The zero-order valence-corrected chi connectivity index (χ0v) is 39.5. The van der Waals surface area contributed by atoms with E-state index in [1.807, 2.05) is 25.3 Å². The molecule has 17 heteroatoms. The molecule has 15 nitrogen and oxygen atoms in total. The molecule has 0 radical (unpaired) electrons. The summed E-state index contributed by atoms with van der Waals surface area (Å²) < 4.78 is 44.6. The Morgan fingerprint density at radius 1 is 1.05 bits per heavy atom. The Morgan fingerprint density at radius 2 is 1.76 bits per heavy atom. The molecule has 1 aromatic carbocycles. The number of ketones is 1. The number of carbonyl (C=O) groups excluding carboxylic acids is 4. The predicted molar refractivity (Wildman–Crippen MR) is 243 cm³/mol. The second-order valence-electron chi connectivity index (χ2n) is 20.2. The summed E-state index contributed by atoms with van der Waals surface area (Å²) in [6, 6.07) is 5.07. The topological polar surface area (TPSA) is 195 Å². The molecule has 3 heterocycles. The number of benzene rings is 1. The summed E-state index contributed by atoms with van der Waals surface area (Å²) >= 11 is 1.45. The van der Waals surface area contributed by atoms with E-state index < -0.39 is 84.7 Å². The monoisotopic (exact) mass is 906 g/mol. The number of aromatic nitrogens is 2. The highest BCUT2D eigenvalue weighted by atomic mass is 32.2. The van der Waals surface area contributed by atoms with Crippen molar-refractivity contribution in [2.45, 2.75) is 140 Å². The van der Waals surface area contributed by atoms with Crippen LogP contribution in [0.25, 0.3) is 22.3 Å². The second kappa shape index (κ2) is 17.0. The van der Waals surface area contributed by atoms with Crippen LogP contribution in [-0.2, 0) is 29.0 Å². The van der Waals surface area contributed by atoms with E-state index in [4.69, 9.17) is 24.2 Å². The highest BCUT2D eigenvalue weighted by Crippen LogP contribution is 2.54. The maximum absolute atomic E-state index is 14.9. The van der Waals surface area contributed by atoms with Gasteiger partial charge in [0.05, 0.1) is 29.6 Å². The molecular weight excluding hydrogens is 845 g/mol. The lowest BCUT2D eigenvalue weighted by Crippen LogP contribution is -2.59. The molecule has 2 aromatic heterocycles. The van der Waals surface area contributed by atoms with Crippen LogP contribution in [0, 0.1) is 17.3 Å². The lowest BCUT2D eigenvalue weighted by Gasteiger charge is -2.36. The van der Waals surface area contributed by atoms with Gasteiger partial charge in [0.2, 0.25) is 11.8 Å². The van der Waals surface area contributed by atoms with Crippen molar-refractivity contribution in [1.82, 2.24) is 25.5 Å². The Morgan fingerprint density at radius 3 is 2.35 bits per heavy atom. The van der Waals surface area contributed by atoms with Crippen LogP contribution in [0.5, 0.6) is 11.5 Å². The molecule has 0 spiro atoms. The van der Waals surface area contributed by atoms with Crippen LogP contribution in [0.4, 0.5) is 9.93 Å². The molecule has 3 aromatic rings. The fraction of sp³-hybridized carbons (Fsp3) is 0.609. The Hall–Kier alpha value is -4.77. The first-order valence-electron chi connectivity index (χ1n) is 21.8. The number of hydrogen-bond donors (Lipinski definition) is 3. The van der Waals surface area contributed by atoms with E-state index in [1.54, 1.807) is 72.9 Å². The predicted octanol–water partition coefficient (Wildman–Crippen LogP) is 6.85. The number of nitrogens with zero attached hydrogens (tertiary/aromatic N) is 3. The number of pyridine rings is 1. The van der Waals surface area contributed by atoms with Crippen molar-refractivity contribution in [2.75, 3.05) is 24.7 Å². The van der Waals surface area contributed by atoms with Crippen molar-refractivity contribution in [2.24, 2.45) is 17.3 Å². The van der Waals surface area contributed by atoms with Crippen LogP contribution in [0.15, 0.2) is 42.3 Å². The number of sulfone groups is 1. The molecular formula is C46H62N6O9S2. The fourth-order valence-corrected chi connectivity index (χ4v) is 11.5. The summed E-state index contributed by atoms with van der Waals surface area (Å²) in [4.78, 5) is 68.0. The number of rotatable bonds is 17. The van der Waals surface area contributed by atoms with Gasteiger partial charge in [0.15, 0.2) is 20.8 Å². The lowest BCUT2D eigenvalue weighted by molar-refractivity contribution is -0.142. The van der Waals surface area contributed by atoms with Crippen LogP contribution in [-0.4, -0.2) is 107 Å². The Bertz CT molecular complexity index is 2400. The minimum atomic E-state index is -3.79. The number of anilines is 1. The van der Waals surface area contributed by atoms with Gasteiger partial charge in [0.1, 0.15) is 52.3 Å². The smallest absolute Gasteiger partial charge is 0.408 e. The Kier molecular flexibility index (Phi) is 12.5. The van der Waals surface area contributed by atoms with Gasteiger partial charge in [-0.25, -0.2) is 23.2 Å². The van der Waals surface area contributed by atoms with Crippen molar-refractivity contribution in [1.29, 1.82) is 0 Å². The van der Waals surface area contributed by atoms with Crippen molar-refractivity contribution < 1.29 is 41.8 Å². The zero-order valence-electron chi connectivity index (χ0n) is 37.8. The summed E-state index contributed by atoms with van der Waals surface area (Å²) in [5, 5.41) is 12.3. The summed E-state index contributed by atoms with van der Waals surface area (Å²) in [5.41, 5.74) is -1.43. The van der Waals surface area contributed by atoms with Crippen molar-refractivity contribution >= 4 is 60.9 Å². The molecule has 3 amide bonds. The van der Waals surface area contributed by atoms with Gasteiger partial charge in [-0.15, -0.1) is 17.9 Å². The summed E-state index contributed by atoms with van der Waals surface area (Å²) in [5.74, 6) is -1.52. The summed E-state index contributed by atoms with van der Waals surface area (Å²) in [7, 11) is -2.23. The minimum Gasteiger partial charge on any atom is -0.497 e. The highest BCUT2D eigenvalue weighted by molar-refractivity contribution is 7.93. The Labute approximate surface area is 374 Å². The number of nitrogens with one attached hydrogen (secondary N) is 3. The minimum absolute atomic E-state index is 0.0150. The van der Waals surface area contributed by atoms with E-state index in [1.165, 1.54) is 16.2 Å². The number of methoxy groups -OCH3 is 1. The maximum atomic E-state index is 14.9. The molecule has 63 heavy (non-hydrogen) atoms. The van der Waals surface area contributed by atoms with Crippen LogP contribution in [0.1, 0.15) is 100 Å². The first-order valence-corrected chi connectivity index (χ1v) is 24.4. The third-order valence-electron chi connectivity index (χ3n) is 12.4. The number of alkyl carbamates (subject to hydrolysis) is 1. The average molecular weight is 907 g/mol. The quantitative estimate of drug-likeness (QED) is 0.119. The number of carbonyl (C=O) groups is 4. The number of hydrogen-bond acceptors (Lipinski definition) is 13. The van der Waals surface area contributed by atoms with Gasteiger partial charge in [-0.05, 0) is 83.8 Å². The lowest BCUT2D eigenvalue weighted by atomic mass is 9.85. The standard InChI is InChI=1S/C46H62N6O9S2/c1-11-28-22-46(28,37(53)25-63(57,58)45(16-17-45)21-27-12-13-27)51-39(54)35-19-30(23-52(35)40(55)38(43(4,5)6)50-42(56)61-44(7,8)9)60-36-20-33(34-24-62-41(49-34)47-26(2)3)48-32-18-29(59-10)14-15-31(32)36/h11,14-15,18,20,24,26-28,30,35,38H,1,12-13,16-17,19,21-23,25H2,2-10H3,(H,47,49)(H,50,56)(H,51,54). The van der Waals surface area contributed by atoms with Crippen molar-refractivity contribution in [3.05, 3.63) is 42.3 Å². The van der Waals surface area contributed by atoms with Crippen LogP contribution < -0.4 is 25.4 Å². The van der Waals surface area contributed by atoms with Gasteiger partial charge >= 0.3 is 6.09 Å². The summed E-state index contributed by atoms with van der Waals surface area (Å²) in [6.07, 6.45) is 3.89. The van der Waals surface area contributed by atoms with Crippen molar-refractivity contribution in [3.8, 4) is 22.9 Å². The molecule has 342 valence electrons. The van der Waals surface area contributed by atoms with E-state index in [2.05, 4.69) is 22.5 Å². The SMILES string of the molecule is C=CC1CC1(NC(=O)C1CC(Oc2cc(-c3csc(NC(C)C)n3)nc3cc(OC)ccc23)CN1C(=O)C(NC(=O)OC(C)(C)C)C(C)(C)C)C(=O)CS(=O)(=O)C1(CC2CC2)CC1. The molecule has 1 aliphatic heterocycles. The number of thiazole rings is 1. The largest absolute Gasteiger partial charge is 0.497 e. The number of fused-ring (bicyclic) bond motifs is 1. The molecule has 1 saturated heterocycles. The van der Waals surface area contributed by atoms with E-state index >= 15 is 0 Å².